The van der Waals surface area contributed by atoms with Crippen molar-refractivity contribution in [2.75, 3.05) is 5.01 Å². The summed E-state index contributed by atoms with van der Waals surface area (Å²) in [5, 5.41) is 16.6. The number of anilines is 1. The minimum atomic E-state index is -0.714. The second-order valence-electron chi connectivity index (χ2n) is 6.18. The predicted octanol–water partition coefficient (Wildman–Crippen LogP) is 4.99. The number of aromatic nitrogens is 1. The van der Waals surface area contributed by atoms with Crippen LogP contribution in [0.25, 0.3) is 11.3 Å². The van der Waals surface area contributed by atoms with Crippen LogP contribution in [-0.2, 0) is 4.79 Å². The van der Waals surface area contributed by atoms with E-state index in [0.717, 1.165) is 22.5 Å². The first-order chi connectivity index (χ1) is 13.1. The highest BCUT2D eigenvalue weighted by atomic mass is 32.1. The van der Waals surface area contributed by atoms with Crippen molar-refractivity contribution in [2.45, 2.75) is 19.9 Å². The van der Waals surface area contributed by atoms with E-state index in [2.05, 4.69) is 20.3 Å². The maximum Gasteiger partial charge on any atom is 0.282 e. The monoisotopic (exact) mass is 375 g/mol. The molecule has 7 heteroatoms. The molecule has 0 saturated heterocycles. The van der Waals surface area contributed by atoms with E-state index < -0.39 is 6.04 Å². The summed E-state index contributed by atoms with van der Waals surface area (Å²) in [5.74, 6) is -0.237. The maximum absolute atomic E-state index is 12.8. The number of thiazole rings is 1. The van der Waals surface area contributed by atoms with Gasteiger partial charge in [0.05, 0.1) is 17.1 Å². The zero-order valence-corrected chi connectivity index (χ0v) is 15.7. The lowest BCUT2D eigenvalue weighted by Crippen LogP contribution is -2.29. The zero-order chi connectivity index (χ0) is 18.8. The van der Waals surface area contributed by atoms with Crippen molar-refractivity contribution in [2.24, 2.45) is 15.3 Å². The van der Waals surface area contributed by atoms with Crippen molar-refractivity contribution >= 4 is 33.8 Å². The number of aryl methyl sites for hydroxylation is 1. The minimum absolute atomic E-state index is 0.237. The van der Waals surface area contributed by atoms with E-state index >= 15 is 0 Å². The summed E-state index contributed by atoms with van der Waals surface area (Å²) < 4.78 is 0. The molecule has 27 heavy (non-hydrogen) atoms. The second-order valence-corrected chi connectivity index (χ2v) is 7.01. The van der Waals surface area contributed by atoms with Crippen molar-refractivity contribution in [3.05, 3.63) is 65.5 Å². The van der Waals surface area contributed by atoms with Gasteiger partial charge in [0.2, 0.25) is 5.13 Å². The van der Waals surface area contributed by atoms with Crippen molar-refractivity contribution < 1.29 is 4.79 Å². The lowest BCUT2D eigenvalue weighted by Gasteiger charge is -2.08. The Kier molecular flexibility index (Phi) is 4.60. The van der Waals surface area contributed by atoms with Crippen molar-refractivity contribution in [1.82, 2.24) is 4.98 Å². The van der Waals surface area contributed by atoms with Gasteiger partial charge in [-0.2, -0.15) is 20.3 Å². The molecule has 1 aliphatic rings. The number of benzene rings is 2. The van der Waals surface area contributed by atoms with Crippen LogP contribution in [0.15, 0.2) is 75.3 Å². The van der Waals surface area contributed by atoms with Gasteiger partial charge < -0.3 is 0 Å². The fraction of sp³-hybridized carbons (Fsp3) is 0.150. The molecule has 1 atom stereocenters. The van der Waals surface area contributed by atoms with Gasteiger partial charge >= 0.3 is 0 Å². The Morgan fingerprint density at radius 3 is 2.56 bits per heavy atom. The van der Waals surface area contributed by atoms with E-state index in [1.165, 1.54) is 16.3 Å². The fourth-order valence-corrected chi connectivity index (χ4v) is 3.51. The summed E-state index contributed by atoms with van der Waals surface area (Å²) >= 11 is 1.38. The molecule has 0 bridgehead atoms. The summed E-state index contributed by atoms with van der Waals surface area (Å²) in [4.78, 5) is 17.4. The lowest BCUT2D eigenvalue weighted by molar-refractivity contribution is -0.117. The largest absolute Gasteiger partial charge is 0.282 e. The van der Waals surface area contributed by atoms with E-state index in [4.69, 9.17) is 0 Å². The van der Waals surface area contributed by atoms with Crippen LogP contribution in [0.4, 0.5) is 10.8 Å². The molecule has 1 aliphatic heterocycles. The molecule has 1 aromatic heterocycles. The molecule has 6 nitrogen and oxygen atoms in total. The number of amides is 1. The van der Waals surface area contributed by atoms with Crippen LogP contribution in [0, 0.1) is 6.92 Å². The number of carbonyl (C=O) groups is 1. The molecule has 0 unspecified atom stereocenters. The third kappa shape index (κ3) is 3.41. The maximum atomic E-state index is 12.8. The van der Waals surface area contributed by atoms with Crippen LogP contribution < -0.4 is 5.01 Å². The Morgan fingerprint density at radius 1 is 1.04 bits per heavy atom. The molecule has 134 valence electrons. The van der Waals surface area contributed by atoms with Gasteiger partial charge in [-0.05, 0) is 25.5 Å². The van der Waals surface area contributed by atoms with E-state index in [9.17, 15) is 4.79 Å². The summed E-state index contributed by atoms with van der Waals surface area (Å²) in [6.45, 7) is 3.74. The molecule has 0 N–H and O–H groups in total. The highest BCUT2D eigenvalue weighted by molar-refractivity contribution is 7.14. The van der Waals surface area contributed by atoms with Gasteiger partial charge in [0, 0.05) is 10.9 Å². The molecule has 0 saturated carbocycles. The molecule has 3 aromatic rings. The van der Waals surface area contributed by atoms with Crippen molar-refractivity contribution in [1.29, 1.82) is 0 Å². The average molecular weight is 375 g/mol. The molecule has 2 heterocycles. The van der Waals surface area contributed by atoms with Gasteiger partial charge in [-0.1, -0.05) is 48.5 Å². The molecule has 0 spiro atoms. The van der Waals surface area contributed by atoms with Crippen LogP contribution in [0.1, 0.15) is 12.5 Å². The predicted molar refractivity (Wildman–Crippen MR) is 108 cm³/mol. The molecular formula is C20H17N5OS. The Morgan fingerprint density at radius 2 is 1.78 bits per heavy atom. The molecule has 1 amide bonds. The first-order valence-electron chi connectivity index (χ1n) is 8.50. The van der Waals surface area contributed by atoms with Crippen molar-refractivity contribution in [3.63, 3.8) is 0 Å². The fourth-order valence-electron chi connectivity index (χ4n) is 2.72. The standard InChI is InChI=1S/C20H17N5OS/c1-13-8-6-7-11-16(13)22-23-18-14(2)24-25(19(18)26)20-21-17(12-27-20)15-9-4-3-5-10-15/h3-12,18H,1-2H3/t18-/m0/s1. The van der Waals surface area contributed by atoms with Crippen LogP contribution >= 0.6 is 11.3 Å². The summed E-state index contributed by atoms with van der Waals surface area (Å²) in [5.41, 5.74) is 4.18. The number of azo groups is 1. The van der Waals surface area contributed by atoms with Crippen molar-refractivity contribution in [3.8, 4) is 11.3 Å². The average Bonchev–Trinajstić information content (AvgIpc) is 3.27. The Hall–Kier alpha value is -3.19. The SMILES string of the molecule is CC1=NN(c2nc(-c3ccccc3)cs2)C(=O)[C@H]1N=Nc1ccccc1C. The van der Waals surface area contributed by atoms with Gasteiger partial charge in [-0.25, -0.2) is 4.98 Å². The zero-order valence-electron chi connectivity index (χ0n) is 14.9. The van der Waals surface area contributed by atoms with E-state index in [-0.39, 0.29) is 5.91 Å². The quantitative estimate of drug-likeness (QED) is 0.603. The first kappa shape index (κ1) is 17.2. The third-order valence-corrected chi connectivity index (χ3v) is 5.05. The number of hydrogen-bond donors (Lipinski definition) is 0. The highest BCUT2D eigenvalue weighted by Gasteiger charge is 2.36. The molecule has 0 aliphatic carbocycles. The number of nitrogens with zero attached hydrogens (tertiary/aromatic N) is 5. The molecular weight excluding hydrogens is 358 g/mol. The molecule has 2 aromatic carbocycles. The van der Waals surface area contributed by atoms with Gasteiger partial charge in [0.1, 0.15) is 0 Å². The summed E-state index contributed by atoms with van der Waals surface area (Å²) in [6.07, 6.45) is 0. The number of hydrazone groups is 1. The van der Waals surface area contributed by atoms with Gasteiger partial charge in [0.25, 0.3) is 5.91 Å². The topological polar surface area (TPSA) is 70.3 Å². The van der Waals surface area contributed by atoms with Gasteiger partial charge in [-0.15, -0.1) is 11.3 Å². The third-order valence-electron chi connectivity index (χ3n) is 4.24. The van der Waals surface area contributed by atoms with Gasteiger partial charge in [-0.3, -0.25) is 4.79 Å². The number of rotatable bonds is 4. The van der Waals surface area contributed by atoms with Crippen LogP contribution in [0.2, 0.25) is 0 Å². The van der Waals surface area contributed by atoms with E-state index in [1.807, 2.05) is 66.9 Å². The minimum Gasteiger partial charge on any atom is -0.269 e. The Bertz CT molecular complexity index is 1040. The Labute approximate surface area is 160 Å². The molecule has 4 rings (SSSR count). The van der Waals surface area contributed by atoms with E-state index in [0.29, 0.717) is 10.8 Å². The smallest absolute Gasteiger partial charge is 0.269 e. The van der Waals surface area contributed by atoms with E-state index in [1.54, 1.807) is 6.92 Å². The van der Waals surface area contributed by atoms with Crippen LogP contribution in [0.3, 0.4) is 0 Å². The summed E-state index contributed by atoms with van der Waals surface area (Å²) in [7, 11) is 0. The lowest BCUT2D eigenvalue weighted by atomic mass is 10.2. The van der Waals surface area contributed by atoms with Gasteiger partial charge in [0.15, 0.2) is 6.04 Å². The first-order valence-corrected chi connectivity index (χ1v) is 9.38. The number of hydrogen-bond acceptors (Lipinski definition) is 6. The van der Waals surface area contributed by atoms with Crippen LogP contribution in [-0.4, -0.2) is 22.6 Å². The summed E-state index contributed by atoms with van der Waals surface area (Å²) in [6, 6.07) is 16.8. The Balaban J connectivity index is 1.56. The molecule has 0 fully saturated rings. The number of carbonyl (C=O) groups excluding carboxylic acids is 1. The second kappa shape index (κ2) is 7.20. The normalized spacial score (nSPS) is 17.0. The molecule has 0 radical (unpaired) electrons. The highest BCUT2D eigenvalue weighted by Crippen LogP contribution is 2.30. The van der Waals surface area contributed by atoms with Crippen LogP contribution in [0.5, 0.6) is 0 Å².